The van der Waals surface area contributed by atoms with Crippen LogP contribution in [0, 0.1) is 5.92 Å². The van der Waals surface area contributed by atoms with Gasteiger partial charge in [-0.1, -0.05) is 13.8 Å². The third-order valence-corrected chi connectivity index (χ3v) is 3.03. The van der Waals surface area contributed by atoms with Crippen molar-refractivity contribution in [3.63, 3.8) is 0 Å². The third-order valence-electron chi connectivity index (χ3n) is 3.03. The minimum atomic E-state index is -0.0441. The van der Waals surface area contributed by atoms with Crippen LogP contribution in [-0.2, 0) is 4.79 Å². The SMILES string of the molecule is CC(C)C(=O)Nc1ccc(Nc2ccc(N)cc2N)cc1. The molecule has 0 aromatic heterocycles. The predicted molar refractivity (Wildman–Crippen MR) is 88.5 cm³/mol. The van der Waals surface area contributed by atoms with E-state index in [9.17, 15) is 4.79 Å². The van der Waals surface area contributed by atoms with E-state index in [-0.39, 0.29) is 11.8 Å². The number of carbonyl (C=O) groups excluding carboxylic acids is 1. The number of amides is 1. The predicted octanol–water partition coefficient (Wildman–Crippen LogP) is 3.19. The van der Waals surface area contributed by atoms with Crippen LogP contribution in [0.25, 0.3) is 0 Å². The van der Waals surface area contributed by atoms with Crippen molar-refractivity contribution >= 4 is 34.3 Å². The quantitative estimate of drug-likeness (QED) is 0.649. The minimum absolute atomic E-state index is 0.00140. The van der Waals surface area contributed by atoms with Crippen LogP contribution in [0.2, 0.25) is 0 Å². The molecule has 5 heteroatoms. The summed E-state index contributed by atoms with van der Waals surface area (Å²) in [6.07, 6.45) is 0. The summed E-state index contributed by atoms with van der Waals surface area (Å²) in [6.45, 7) is 3.71. The Kier molecular flexibility index (Phi) is 4.33. The fourth-order valence-corrected chi connectivity index (χ4v) is 1.77. The van der Waals surface area contributed by atoms with E-state index >= 15 is 0 Å². The lowest BCUT2D eigenvalue weighted by atomic mass is 10.2. The Hall–Kier alpha value is -2.69. The lowest BCUT2D eigenvalue weighted by Crippen LogP contribution is -2.17. The zero-order valence-electron chi connectivity index (χ0n) is 12.2. The normalized spacial score (nSPS) is 10.4. The lowest BCUT2D eigenvalue weighted by Gasteiger charge is -2.11. The molecular weight excluding hydrogens is 264 g/mol. The van der Waals surface area contributed by atoms with Crippen LogP contribution in [0.4, 0.5) is 28.4 Å². The first kappa shape index (κ1) is 14.7. The molecule has 0 aliphatic heterocycles. The van der Waals surface area contributed by atoms with Crippen molar-refractivity contribution in [3.05, 3.63) is 42.5 Å². The van der Waals surface area contributed by atoms with Gasteiger partial charge in [0.25, 0.3) is 0 Å². The van der Waals surface area contributed by atoms with Crippen LogP contribution in [-0.4, -0.2) is 5.91 Å². The second-order valence-corrected chi connectivity index (χ2v) is 5.19. The topological polar surface area (TPSA) is 93.2 Å². The molecule has 1 amide bonds. The molecule has 2 rings (SSSR count). The van der Waals surface area contributed by atoms with Crippen LogP contribution >= 0.6 is 0 Å². The van der Waals surface area contributed by atoms with Gasteiger partial charge in [0.2, 0.25) is 5.91 Å². The average molecular weight is 284 g/mol. The Balaban J connectivity index is 2.07. The molecule has 0 aliphatic carbocycles. The summed E-state index contributed by atoms with van der Waals surface area (Å²) >= 11 is 0. The highest BCUT2D eigenvalue weighted by Gasteiger charge is 2.07. The van der Waals surface area contributed by atoms with Gasteiger partial charge < -0.3 is 22.1 Å². The number of carbonyl (C=O) groups is 1. The van der Waals surface area contributed by atoms with Gasteiger partial charge in [0.1, 0.15) is 0 Å². The van der Waals surface area contributed by atoms with E-state index in [4.69, 9.17) is 11.5 Å². The van der Waals surface area contributed by atoms with E-state index in [0.717, 1.165) is 17.1 Å². The molecular formula is C16H20N4O. The molecule has 0 aliphatic rings. The Morgan fingerprint density at radius 2 is 1.62 bits per heavy atom. The molecule has 5 nitrogen and oxygen atoms in total. The Morgan fingerprint density at radius 3 is 2.19 bits per heavy atom. The van der Waals surface area contributed by atoms with Crippen molar-refractivity contribution in [2.24, 2.45) is 5.92 Å². The summed E-state index contributed by atoms with van der Waals surface area (Å²) in [6, 6.07) is 12.8. The maximum Gasteiger partial charge on any atom is 0.226 e. The first-order valence-corrected chi connectivity index (χ1v) is 6.78. The van der Waals surface area contributed by atoms with Gasteiger partial charge in [-0.2, -0.15) is 0 Å². The summed E-state index contributed by atoms with van der Waals surface area (Å²) in [4.78, 5) is 11.6. The number of anilines is 5. The van der Waals surface area contributed by atoms with E-state index in [2.05, 4.69) is 10.6 Å². The molecule has 0 atom stereocenters. The molecule has 2 aromatic carbocycles. The summed E-state index contributed by atoms with van der Waals surface area (Å²) in [5, 5.41) is 6.05. The summed E-state index contributed by atoms with van der Waals surface area (Å²) in [5.41, 5.74) is 15.2. The number of benzene rings is 2. The highest BCUT2D eigenvalue weighted by Crippen LogP contribution is 2.25. The Labute approximate surface area is 124 Å². The molecule has 0 radical (unpaired) electrons. The molecule has 0 saturated carbocycles. The fourth-order valence-electron chi connectivity index (χ4n) is 1.77. The van der Waals surface area contributed by atoms with E-state index < -0.39 is 0 Å². The largest absolute Gasteiger partial charge is 0.399 e. The van der Waals surface area contributed by atoms with Gasteiger partial charge in [0, 0.05) is 23.0 Å². The molecule has 0 saturated heterocycles. The van der Waals surface area contributed by atoms with Crippen molar-refractivity contribution in [2.75, 3.05) is 22.1 Å². The van der Waals surface area contributed by atoms with Crippen LogP contribution < -0.4 is 22.1 Å². The van der Waals surface area contributed by atoms with Gasteiger partial charge in [-0.15, -0.1) is 0 Å². The van der Waals surface area contributed by atoms with Crippen molar-refractivity contribution in [3.8, 4) is 0 Å². The van der Waals surface area contributed by atoms with E-state index in [1.54, 1.807) is 12.1 Å². The number of hydrogen-bond donors (Lipinski definition) is 4. The smallest absolute Gasteiger partial charge is 0.226 e. The first-order valence-electron chi connectivity index (χ1n) is 6.78. The maximum atomic E-state index is 11.6. The second-order valence-electron chi connectivity index (χ2n) is 5.19. The van der Waals surface area contributed by atoms with Crippen LogP contribution in [0.5, 0.6) is 0 Å². The van der Waals surface area contributed by atoms with Crippen LogP contribution in [0.3, 0.4) is 0 Å². The third kappa shape index (κ3) is 3.89. The van der Waals surface area contributed by atoms with Gasteiger partial charge in [-0.05, 0) is 42.5 Å². The number of nitrogens with two attached hydrogens (primary N) is 2. The van der Waals surface area contributed by atoms with Crippen molar-refractivity contribution in [1.82, 2.24) is 0 Å². The molecule has 0 unspecified atom stereocenters. The molecule has 0 bridgehead atoms. The molecule has 0 fully saturated rings. The number of nitrogen functional groups attached to an aromatic ring is 2. The van der Waals surface area contributed by atoms with Gasteiger partial charge >= 0.3 is 0 Å². The maximum absolute atomic E-state index is 11.6. The molecule has 0 heterocycles. The average Bonchev–Trinajstić information content (AvgIpc) is 2.43. The van der Waals surface area contributed by atoms with Gasteiger partial charge in [0.15, 0.2) is 0 Å². The van der Waals surface area contributed by atoms with E-state index in [0.29, 0.717) is 11.4 Å². The second kappa shape index (κ2) is 6.17. The van der Waals surface area contributed by atoms with Crippen molar-refractivity contribution in [1.29, 1.82) is 0 Å². The monoisotopic (exact) mass is 284 g/mol. The summed E-state index contributed by atoms with van der Waals surface area (Å²) in [7, 11) is 0. The molecule has 2 aromatic rings. The Morgan fingerprint density at radius 1 is 1.00 bits per heavy atom. The molecule has 110 valence electrons. The van der Waals surface area contributed by atoms with Crippen LogP contribution in [0.1, 0.15) is 13.8 Å². The van der Waals surface area contributed by atoms with E-state index in [1.165, 1.54) is 0 Å². The zero-order valence-corrected chi connectivity index (χ0v) is 12.2. The standard InChI is InChI=1S/C16H20N4O/c1-10(2)16(21)20-13-6-4-12(5-7-13)19-15-8-3-11(17)9-14(15)18/h3-10,19H,17-18H2,1-2H3,(H,20,21). The molecule has 6 N–H and O–H groups in total. The van der Waals surface area contributed by atoms with E-state index in [1.807, 2.05) is 44.2 Å². The first-order chi connectivity index (χ1) is 9.95. The lowest BCUT2D eigenvalue weighted by molar-refractivity contribution is -0.118. The highest BCUT2D eigenvalue weighted by atomic mass is 16.1. The molecule has 21 heavy (non-hydrogen) atoms. The number of rotatable bonds is 4. The number of nitrogens with one attached hydrogen (secondary N) is 2. The summed E-state index contributed by atoms with van der Waals surface area (Å²) < 4.78 is 0. The van der Waals surface area contributed by atoms with Crippen LogP contribution in [0.15, 0.2) is 42.5 Å². The minimum Gasteiger partial charge on any atom is -0.399 e. The van der Waals surface area contributed by atoms with Gasteiger partial charge in [-0.25, -0.2) is 0 Å². The number of hydrogen-bond acceptors (Lipinski definition) is 4. The zero-order chi connectivity index (χ0) is 15.4. The van der Waals surface area contributed by atoms with Crippen molar-refractivity contribution in [2.45, 2.75) is 13.8 Å². The fraction of sp³-hybridized carbons (Fsp3) is 0.188. The Bertz CT molecular complexity index is 635. The van der Waals surface area contributed by atoms with Gasteiger partial charge in [0.05, 0.1) is 11.4 Å². The highest BCUT2D eigenvalue weighted by molar-refractivity contribution is 5.92. The van der Waals surface area contributed by atoms with Crippen molar-refractivity contribution < 1.29 is 4.79 Å². The van der Waals surface area contributed by atoms with Gasteiger partial charge in [-0.3, -0.25) is 4.79 Å². The summed E-state index contributed by atoms with van der Waals surface area (Å²) in [5.74, 6) is -0.0455. The molecule has 0 spiro atoms.